The summed E-state index contributed by atoms with van der Waals surface area (Å²) in [5.74, 6) is -1.65. The van der Waals surface area contributed by atoms with Gasteiger partial charge in [0.2, 0.25) is 0 Å². The number of carbonyl (C=O) groups excluding carboxylic acids is 2. The van der Waals surface area contributed by atoms with E-state index in [9.17, 15) is 22.8 Å². The topological polar surface area (TPSA) is 64.6 Å². The minimum atomic E-state index is -4.77. The van der Waals surface area contributed by atoms with E-state index < -0.39 is 24.8 Å². The molecule has 0 unspecified atom stereocenters. The van der Waals surface area contributed by atoms with Gasteiger partial charge in [-0.25, -0.2) is 4.79 Å². The molecule has 2 rings (SSSR count). The predicted molar refractivity (Wildman–Crippen MR) is 101 cm³/mol. The van der Waals surface area contributed by atoms with E-state index in [0.29, 0.717) is 15.7 Å². The summed E-state index contributed by atoms with van der Waals surface area (Å²) in [4.78, 5) is 23.5. The minimum Gasteiger partial charge on any atom is -0.452 e. The molecule has 0 radical (unpaired) electrons. The number of aryl methyl sites for hydroxylation is 1. The number of hydrogen-bond donors (Lipinski definition) is 1. The summed E-state index contributed by atoms with van der Waals surface area (Å²) >= 11 is 3.32. The molecule has 28 heavy (non-hydrogen) atoms. The molecular weight excluding hydrogens is 443 g/mol. The zero-order valence-electron chi connectivity index (χ0n) is 14.5. The quantitative estimate of drug-likeness (QED) is 0.497. The number of alkyl halides is 3. The van der Waals surface area contributed by atoms with Crippen LogP contribution in [0.4, 0.5) is 18.9 Å². The van der Waals surface area contributed by atoms with Gasteiger partial charge < -0.3 is 14.8 Å². The van der Waals surface area contributed by atoms with Gasteiger partial charge in [-0.15, -0.1) is 13.2 Å². The molecule has 0 aromatic heterocycles. The minimum absolute atomic E-state index is 0.369. The van der Waals surface area contributed by atoms with Crippen LogP contribution in [0.25, 0.3) is 6.08 Å². The summed E-state index contributed by atoms with van der Waals surface area (Å²) in [5, 5.41) is 2.60. The second-order valence-corrected chi connectivity index (χ2v) is 6.44. The molecule has 0 aliphatic carbocycles. The number of anilines is 1. The van der Waals surface area contributed by atoms with Gasteiger partial charge >= 0.3 is 12.3 Å². The summed E-state index contributed by atoms with van der Waals surface area (Å²) in [7, 11) is 0. The van der Waals surface area contributed by atoms with Crippen molar-refractivity contribution in [2.24, 2.45) is 0 Å². The summed E-state index contributed by atoms with van der Waals surface area (Å²) in [6.07, 6.45) is -2.36. The van der Waals surface area contributed by atoms with Crippen molar-refractivity contribution in [1.29, 1.82) is 0 Å². The van der Waals surface area contributed by atoms with Crippen LogP contribution in [-0.2, 0) is 14.3 Å². The van der Waals surface area contributed by atoms with E-state index in [1.807, 2.05) is 19.1 Å². The number of carbonyl (C=O) groups is 2. The molecule has 148 valence electrons. The van der Waals surface area contributed by atoms with Crippen LogP contribution in [0.15, 0.2) is 53.0 Å². The average molecular weight is 458 g/mol. The van der Waals surface area contributed by atoms with Crippen LogP contribution >= 0.6 is 15.9 Å². The maximum absolute atomic E-state index is 12.1. The first kappa shape index (κ1) is 21.5. The fourth-order valence-electron chi connectivity index (χ4n) is 2.04. The third-order valence-corrected chi connectivity index (χ3v) is 3.93. The van der Waals surface area contributed by atoms with Crippen LogP contribution in [0, 0.1) is 6.92 Å². The summed E-state index contributed by atoms with van der Waals surface area (Å²) in [6, 6.07) is 10.3. The Morgan fingerprint density at radius 3 is 2.43 bits per heavy atom. The van der Waals surface area contributed by atoms with Crippen molar-refractivity contribution in [2.75, 3.05) is 11.9 Å². The van der Waals surface area contributed by atoms with Crippen LogP contribution in [0.5, 0.6) is 5.75 Å². The molecule has 2 aromatic carbocycles. The Labute approximate surface area is 167 Å². The zero-order valence-corrected chi connectivity index (χ0v) is 16.1. The van der Waals surface area contributed by atoms with Crippen molar-refractivity contribution in [2.45, 2.75) is 13.3 Å². The highest BCUT2D eigenvalue weighted by Gasteiger charge is 2.30. The van der Waals surface area contributed by atoms with E-state index in [2.05, 4.69) is 26.0 Å². The molecule has 0 aliphatic heterocycles. The highest BCUT2D eigenvalue weighted by atomic mass is 79.9. The molecule has 0 spiro atoms. The molecule has 0 fully saturated rings. The van der Waals surface area contributed by atoms with Crippen LogP contribution in [0.1, 0.15) is 11.1 Å². The third-order valence-electron chi connectivity index (χ3n) is 3.27. The SMILES string of the molecule is Cc1ccc(NC(=O)COC(=O)/C=C/c2ccc(OC(F)(F)F)cc2)c(Br)c1. The number of rotatable bonds is 6. The van der Waals surface area contributed by atoms with Gasteiger partial charge in [0.05, 0.1) is 5.69 Å². The summed E-state index contributed by atoms with van der Waals surface area (Å²) < 4.78 is 45.5. The van der Waals surface area contributed by atoms with Crippen LogP contribution in [0.2, 0.25) is 0 Å². The Morgan fingerprint density at radius 2 is 1.82 bits per heavy atom. The molecular formula is C19H15BrF3NO4. The Kier molecular flexibility index (Phi) is 7.22. The van der Waals surface area contributed by atoms with E-state index in [1.54, 1.807) is 6.07 Å². The maximum atomic E-state index is 12.1. The lowest BCUT2D eigenvalue weighted by molar-refractivity contribution is -0.274. The van der Waals surface area contributed by atoms with E-state index in [0.717, 1.165) is 23.8 Å². The monoisotopic (exact) mass is 457 g/mol. The predicted octanol–water partition coefficient (Wildman–Crippen LogP) is 4.85. The number of benzene rings is 2. The first-order chi connectivity index (χ1) is 13.1. The fourth-order valence-corrected chi connectivity index (χ4v) is 2.63. The molecule has 9 heteroatoms. The first-order valence-corrected chi connectivity index (χ1v) is 8.68. The largest absolute Gasteiger partial charge is 0.573 e. The number of halogens is 4. The van der Waals surface area contributed by atoms with E-state index in [4.69, 9.17) is 4.74 Å². The second kappa shape index (κ2) is 9.41. The van der Waals surface area contributed by atoms with Gasteiger partial charge in [-0.2, -0.15) is 0 Å². The van der Waals surface area contributed by atoms with Crippen molar-refractivity contribution in [1.82, 2.24) is 0 Å². The van der Waals surface area contributed by atoms with Crippen LogP contribution in [-0.4, -0.2) is 24.8 Å². The maximum Gasteiger partial charge on any atom is 0.573 e. The molecule has 0 atom stereocenters. The van der Waals surface area contributed by atoms with Gasteiger partial charge in [0.15, 0.2) is 6.61 Å². The van der Waals surface area contributed by atoms with Crippen molar-refractivity contribution in [3.05, 3.63) is 64.1 Å². The smallest absolute Gasteiger partial charge is 0.452 e. The Balaban J connectivity index is 1.82. The molecule has 2 aromatic rings. The molecule has 0 saturated carbocycles. The lowest BCUT2D eigenvalue weighted by Gasteiger charge is -2.08. The Hall–Kier alpha value is -2.81. The lowest BCUT2D eigenvalue weighted by Crippen LogP contribution is -2.20. The molecule has 0 aliphatic rings. The van der Waals surface area contributed by atoms with E-state index in [-0.39, 0.29) is 5.75 Å². The lowest BCUT2D eigenvalue weighted by atomic mass is 10.2. The first-order valence-electron chi connectivity index (χ1n) is 7.89. The molecule has 5 nitrogen and oxygen atoms in total. The fraction of sp³-hybridized carbons (Fsp3) is 0.158. The Morgan fingerprint density at radius 1 is 1.14 bits per heavy atom. The molecule has 1 amide bonds. The van der Waals surface area contributed by atoms with Gasteiger partial charge in [0, 0.05) is 10.5 Å². The highest BCUT2D eigenvalue weighted by molar-refractivity contribution is 9.10. The average Bonchev–Trinajstić information content (AvgIpc) is 2.60. The molecule has 1 N–H and O–H groups in total. The van der Waals surface area contributed by atoms with Crippen molar-refractivity contribution < 1.29 is 32.2 Å². The highest BCUT2D eigenvalue weighted by Crippen LogP contribution is 2.24. The Bertz CT molecular complexity index is 880. The summed E-state index contributed by atoms with van der Waals surface area (Å²) in [6.45, 7) is 1.42. The zero-order chi connectivity index (χ0) is 20.7. The van der Waals surface area contributed by atoms with Gasteiger partial charge in [0.1, 0.15) is 5.75 Å². The standard InChI is InChI=1S/C19H15BrF3NO4/c1-12-2-8-16(15(20)10-12)24-17(25)11-27-18(26)9-5-13-3-6-14(7-4-13)28-19(21,22)23/h2-10H,11H2,1H3,(H,24,25)/b9-5+. The summed E-state index contributed by atoms with van der Waals surface area (Å²) in [5.41, 5.74) is 2.02. The number of ether oxygens (including phenoxy) is 2. The molecule has 0 saturated heterocycles. The second-order valence-electron chi connectivity index (χ2n) is 5.59. The normalized spacial score (nSPS) is 11.3. The number of nitrogens with one attached hydrogen (secondary N) is 1. The number of amides is 1. The van der Waals surface area contributed by atoms with Crippen LogP contribution < -0.4 is 10.1 Å². The molecule has 0 bridgehead atoms. The van der Waals surface area contributed by atoms with Crippen molar-refractivity contribution in [3.63, 3.8) is 0 Å². The van der Waals surface area contributed by atoms with Gasteiger partial charge in [-0.3, -0.25) is 4.79 Å². The number of hydrogen-bond acceptors (Lipinski definition) is 4. The van der Waals surface area contributed by atoms with E-state index in [1.165, 1.54) is 18.2 Å². The molecule has 0 heterocycles. The van der Waals surface area contributed by atoms with Gasteiger partial charge in [-0.1, -0.05) is 18.2 Å². The third kappa shape index (κ3) is 7.43. The number of esters is 1. The van der Waals surface area contributed by atoms with Gasteiger partial charge in [0.25, 0.3) is 5.91 Å². The van der Waals surface area contributed by atoms with E-state index >= 15 is 0 Å². The van der Waals surface area contributed by atoms with Crippen molar-refractivity contribution >= 4 is 39.6 Å². The van der Waals surface area contributed by atoms with Crippen LogP contribution in [0.3, 0.4) is 0 Å². The van der Waals surface area contributed by atoms with Crippen molar-refractivity contribution in [3.8, 4) is 5.75 Å². The van der Waals surface area contributed by atoms with Gasteiger partial charge in [-0.05, 0) is 64.3 Å².